The van der Waals surface area contributed by atoms with Gasteiger partial charge < -0.3 is 4.90 Å². The largest absolute Gasteiger partial charge is 0.407 e. The number of benzene rings is 2. The van der Waals surface area contributed by atoms with E-state index in [4.69, 9.17) is 6.57 Å². The van der Waals surface area contributed by atoms with Gasteiger partial charge in [0.1, 0.15) is 18.2 Å². The van der Waals surface area contributed by atoms with Crippen LogP contribution < -0.4 is 4.90 Å². The Hall–Kier alpha value is -2.83. The van der Waals surface area contributed by atoms with Gasteiger partial charge in [-0.1, -0.05) is 12.1 Å². The van der Waals surface area contributed by atoms with Gasteiger partial charge in [-0.15, -0.1) is 0 Å². The van der Waals surface area contributed by atoms with Crippen molar-refractivity contribution in [2.24, 2.45) is 0 Å². The summed E-state index contributed by atoms with van der Waals surface area (Å²) in [4.78, 5) is 3.06. The van der Waals surface area contributed by atoms with Gasteiger partial charge in [-0.25, -0.2) is 13.6 Å². The smallest absolute Gasteiger partial charge is 0.358 e. The van der Waals surface area contributed by atoms with Crippen molar-refractivity contribution in [2.45, 2.75) is 18.9 Å². The van der Waals surface area contributed by atoms with E-state index >= 15 is 0 Å². The zero-order chi connectivity index (χ0) is 20.4. The van der Waals surface area contributed by atoms with Crippen molar-refractivity contribution in [1.29, 1.82) is 0 Å². The van der Waals surface area contributed by atoms with E-state index in [0.717, 1.165) is 24.3 Å². The molecule has 0 bridgehead atoms. The summed E-state index contributed by atoms with van der Waals surface area (Å²) < 4.78 is 105. The Morgan fingerprint density at radius 2 is 1.52 bits per heavy atom. The van der Waals surface area contributed by atoms with Gasteiger partial charge in [0.2, 0.25) is 0 Å². The average molecular weight is 394 g/mol. The molecular weight excluding hydrogens is 384 g/mol. The van der Waals surface area contributed by atoms with Crippen molar-refractivity contribution in [3.05, 3.63) is 70.6 Å². The van der Waals surface area contributed by atoms with Crippen molar-refractivity contribution in [1.82, 2.24) is 0 Å². The zero-order valence-electron chi connectivity index (χ0n) is 13.3. The number of anilines is 1. The second-order valence-electron chi connectivity index (χ2n) is 5.48. The van der Waals surface area contributed by atoms with Crippen molar-refractivity contribution in [2.75, 3.05) is 11.4 Å². The van der Waals surface area contributed by atoms with Gasteiger partial charge in [0, 0.05) is 17.8 Å². The summed E-state index contributed by atoms with van der Waals surface area (Å²) in [6, 6.07) is 4.60. The molecule has 2 aromatic carbocycles. The molecule has 2 aromatic rings. The van der Waals surface area contributed by atoms with Crippen LogP contribution >= 0.6 is 0 Å². The topological polar surface area (TPSA) is 7.60 Å². The highest BCUT2D eigenvalue weighted by atomic mass is 19.4. The van der Waals surface area contributed by atoms with E-state index in [9.17, 15) is 35.1 Å². The molecule has 0 spiro atoms. The molecule has 0 aliphatic rings. The third-order valence-electron chi connectivity index (χ3n) is 3.55. The van der Waals surface area contributed by atoms with E-state index in [2.05, 4.69) is 4.85 Å². The van der Waals surface area contributed by atoms with Gasteiger partial charge in [-0.05, 0) is 24.3 Å². The normalized spacial score (nSPS) is 12.0. The van der Waals surface area contributed by atoms with E-state index in [-0.39, 0.29) is 0 Å². The highest BCUT2D eigenvalue weighted by molar-refractivity contribution is 5.62. The minimum absolute atomic E-state index is 0.359. The molecule has 144 valence electrons. The van der Waals surface area contributed by atoms with Gasteiger partial charge in [0.25, 0.3) is 0 Å². The third-order valence-corrected chi connectivity index (χ3v) is 3.55. The number of alkyl halides is 6. The molecule has 0 aliphatic heterocycles. The Labute approximate surface area is 148 Å². The molecule has 0 unspecified atom stereocenters. The molecule has 0 aromatic heterocycles. The summed E-state index contributed by atoms with van der Waals surface area (Å²) in [6.07, 6.45) is -9.83. The quantitative estimate of drug-likeness (QED) is 0.449. The lowest BCUT2D eigenvalue weighted by atomic mass is 10.1. The van der Waals surface area contributed by atoms with Crippen molar-refractivity contribution in [3.63, 3.8) is 0 Å². The average Bonchev–Trinajstić information content (AvgIpc) is 2.55. The van der Waals surface area contributed by atoms with Crippen molar-refractivity contribution >= 4 is 11.4 Å². The molecular formula is C17H10F8N2. The highest BCUT2D eigenvalue weighted by Gasteiger charge is 2.36. The van der Waals surface area contributed by atoms with E-state index in [1.807, 2.05) is 0 Å². The lowest BCUT2D eigenvalue weighted by molar-refractivity contribution is -0.136. The molecule has 0 atom stereocenters. The number of nitrogens with zero attached hydrogens (tertiary/aromatic N) is 2. The van der Waals surface area contributed by atoms with E-state index in [0.29, 0.717) is 17.0 Å². The van der Waals surface area contributed by atoms with Crippen molar-refractivity contribution in [3.8, 4) is 0 Å². The van der Waals surface area contributed by atoms with Crippen molar-refractivity contribution < 1.29 is 35.1 Å². The first-order chi connectivity index (χ1) is 12.4. The lowest BCUT2D eigenvalue weighted by Gasteiger charge is -2.27. The van der Waals surface area contributed by atoms with E-state index in [1.54, 1.807) is 0 Å². The van der Waals surface area contributed by atoms with Crippen LogP contribution in [0.15, 0.2) is 36.4 Å². The molecule has 0 heterocycles. The highest BCUT2D eigenvalue weighted by Crippen LogP contribution is 2.39. The van der Waals surface area contributed by atoms with Crippen LogP contribution in [0.5, 0.6) is 0 Å². The standard InChI is InChI=1S/C17H10F8N2/c1-26-15-6-5-10(7-12(15)17(23,24)25)27(9-16(20,21)22)8-11-13(18)3-2-4-14(11)19/h2-7H,8-9H2. The summed E-state index contributed by atoms with van der Waals surface area (Å²) >= 11 is 0. The summed E-state index contributed by atoms with van der Waals surface area (Å²) in [6.45, 7) is 4.06. The summed E-state index contributed by atoms with van der Waals surface area (Å²) in [7, 11) is 0. The third kappa shape index (κ3) is 5.09. The minimum Gasteiger partial charge on any atom is -0.358 e. The monoisotopic (exact) mass is 394 g/mol. The Kier molecular flexibility index (Phi) is 5.63. The molecule has 2 nitrogen and oxygen atoms in total. The van der Waals surface area contributed by atoms with Crippen LogP contribution in [0.1, 0.15) is 11.1 Å². The Balaban J connectivity index is 2.54. The first-order valence-corrected chi connectivity index (χ1v) is 7.25. The van der Waals surface area contributed by atoms with E-state index in [1.165, 1.54) is 0 Å². The molecule has 0 amide bonds. The second kappa shape index (κ2) is 7.42. The maximum absolute atomic E-state index is 13.8. The molecule has 0 fully saturated rings. The molecule has 0 radical (unpaired) electrons. The molecule has 27 heavy (non-hydrogen) atoms. The van der Waals surface area contributed by atoms with Crippen LogP contribution in [0.3, 0.4) is 0 Å². The summed E-state index contributed by atoms with van der Waals surface area (Å²) in [5.74, 6) is -2.26. The fraction of sp³-hybridized carbons (Fsp3) is 0.235. The maximum atomic E-state index is 13.8. The first kappa shape index (κ1) is 20.5. The fourth-order valence-electron chi connectivity index (χ4n) is 2.37. The first-order valence-electron chi connectivity index (χ1n) is 7.25. The Bertz CT molecular complexity index is 844. The van der Waals surface area contributed by atoms with Gasteiger partial charge in [-0.2, -0.15) is 26.3 Å². The van der Waals surface area contributed by atoms with Gasteiger partial charge in [0.05, 0.1) is 12.1 Å². The van der Waals surface area contributed by atoms with Crippen LogP contribution in [-0.4, -0.2) is 12.7 Å². The summed E-state index contributed by atoms with van der Waals surface area (Å²) in [5, 5.41) is 0. The van der Waals surface area contributed by atoms with Crippen LogP contribution in [0.25, 0.3) is 4.85 Å². The lowest BCUT2D eigenvalue weighted by Crippen LogP contribution is -2.34. The predicted molar refractivity (Wildman–Crippen MR) is 81.2 cm³/mol. The van der Waals surface area contributed by atoms with Crippen LogP contribution in [0.2, 0.25) is 0 Å². The summed E-state index contributed by atoms with van der Waals surface area (Å²) in [5.41, 5.74) is -3.52. The zero-order valence-corrected chi connectivity index (χ0v) is 13.3. The van der Waals surface area contributed by atoms with E-state index < -0.39 is 59.6 Å². The minimum atomic E-state index is -4.98. The van der Waals surface area contributed by atoms with Crippen LogP contribution in [0, 0.1) is 18.2 Å². The molecule has 0 aliphatic carbocycles. The van der Waals surface area contributed by atoms with Gasteiger partial charge in [0.15, 0.2) is 5.69 Å². The maximum Gasteiger partial charge on any atom is 0.407 e. The predicted octanol–water partition coefficient (Wildman–Crippen LogP) is 6.10. The molecule has 2 rings (SSSR count). The fourth-order valence-corrected chi connectivity index (χ4v) is 2.37. The Morgan fingerprint density at radius 3 is 2.00 bits per heavy atom. The van der Waals surface area contributed by atoms with Gasteiger partial charge >= 0.3 is 12.4 Å². The Morgan fingerprint density at radius 1 is 0.926 bits per heavy atom. The van der Waals surface area contributed by atoms with Gasteiger partial charge in [-0.3, -0.25) is 0 Å². The number of hydrogen-bond donors (Lipinski definition) is 0. The van der Waals surface area contributed by atoms with Crippen LogP contribution in [0.4, 0.5) is 46.5 Å². The molecule has 10 heteroatoms. The molecule has 0 saturated heterocycles. The molecule has 0 N–H and O–H groups in total. The number of rotatable bonds is 4. The SMILES string of the molecule is [C-]#[N+]c1ccc(N(Cc2c(F)cccc2F)CC(F)(F)F)cc1C(F)(F)F. The van der Waals surface area contributed by atoms with Crippen LogP contribution in [-0.2, 0) is 12.7 Å². The number of hydrogen-bond acceptors (Lipinski definition) is 1. The number of halogens is 8. The second-order valence-corrected chi connectivity index (χ2v) is 5.48. The molecule has 0 saturated carbocycles.